The van der Waals surface area contributed by atoms with E-state index in [1.165, 1.54) is 0 Å². The molecule has 0 fully saturated rings. The topological polar surface area (TPSA) is 72.7 Å². The van der Waals surface area contributed by atoms with Crippen molar-refractivity contribution in [3.8, 4) is 17.0 Å². The fourth-order valence-corrected chi connectivity index (χ4v) is 6.17. The minimum atomic E-state index is -4.08. The molecule has 5 aromatic rings. The van der Waals surface area contributed by atoms with Crippen molar-refractivity contribution in [1.82, 2.24) is 9.38 Å². The average molecular weight is 512 g/mol. The van der Waals surface area contributed by atoms with E-state index >= 15 is 0 Å². The maximum atomic E-state index is 13.5. The summed E-state index contributed by atoms with van der Waals surface area (Å²) < 4.78 is 34.8. The minimum Gasteiger partial charge on any atom is -0.378 e. The van der Waals surface area contributed by atoms with Crippen LogP contribution in [0.4, 0.5) is 5.82 Å². The van der Waals surface area contributed by atoms with Crippen molar-refractivity contribution >= 4 is 21.6 Å². The van der Waals surface area contributed by atoms with Crippen LogP contribution in [0.2, 0.25) is 0 Å². The predicted molar refractivity (Wildman–Crippen MR) is 148 cm³/mol. The zero-order chi connectivity index (χ0) is 26.2. The van der Waals surface area contributed by atoms with E-state index in [2.05, 4.69) is 17.4 Å². The number of imidazole rings is 1. The molecule has 0 radical (unpaired) electrons. The number of hydrogen-bond acceptors (Lipinski definition) is 5. The summed E-state index contributed by atoms with van der Waals surface area (Å²) >= 11 is 0. The lowest BCUT2D eigenvalue weighted by molar-refractivity contribution is 0.485. The molecule has 0 bridgehead atoms. The lowest BCUT2D eigenvalue weighted by Crippen LogP contribution is -2.14. The summed E-state index contributed by atoms with van der Waals surface area (Å²) in [6.45, 7) is 8.11. The van der Waals surface area contributed by atoms with Gasteiger partial charge in [-0.25, -0.2) is 4.98 Å². The molecule has 188 valence electrons. The van der Waals surface area contributed by atoms with E-state index in [0.29, 0.717) is 28.9 Å². The fraction of sp³-hybridized carbons (Fsp3) is 0.167. The van der Waals surface area contributed by atoms with Crippen molar-refractivity contribution in [2.45, 2.75) is 39.1 Å². The maximum absolute atomic E-state index is 13.5. The Morgan fingerprint density at radius 2 is 1.51 bits per heavy atom. The summed E-state index contributed by atoms with van der Waals surface area (Å²) in [5.74, 6) is 0.990. The Hall–Kier alpha value is -4.10. The van der Waals surface area contributed by atoms with E-state index in [1.807, 2.05) is 79.0 Å². The van der Waals surface area contributed by atoms with Gasteiger partial charge in [0.2, 0.25) is 0 Å². The average Bonchev–Trinajstić information content (AvgIpc) is 3.22. The van der Waals surface area contributed by atoms with Gasteiger partial charge in [0.25, 0.3) is 0 Å². The third-order valence-electron chi connectivity index (χ3n) is 6.34. The molecule has 0 atom stereocenters. The summed E-state index contributed by atoms with van der Waals surface area (Å²) in [6, 6.07) is 24.9. The Morgan fingerprint density at radius 1 is 0.838 bits per heavy atom. The zero-order valence-electron chi connectivity index (χ0n) is 21.3. The fourth-order valence-electron chi connectivity index (χ4n) is 4.80. The van der Waals surface area contributed by atoms with Gasteiger partial charge in [0.05, 0.1) is 0 Å². The number of rotatable bonds is 7. The third kappa shape index (κ3) is 4.82. The molecular formula is C30H29N3O3S. The summed E-state index contributed by atoms with van der Waals surface area (Å²) in [5.41, 5.74) is 6.44. The summed E-state index contributed by atoms with van der Waals surface area (Å²) in [5, 5.41) is 3.52. The van der Waals surface area contributed by atoms with Crippen molar-refractivity contribution in [1.29, 1.82) is 0 Å². The number of aromatic nitrogens is 2. The molecule has 0 saturated carbocycles. The molecule has 37 heavy (non-hydrogen) atoms. The SMILES string of the molecule is Cc1cc(C)c(S(=O)(=O)Oc2ccccc2-c2nc3c(C)cccn3c2NCc2ccccc2)c(C)c1. The highest BCUT2D eigenvalue weighted by Crippen LogP contribution is 2.38. The second kappa shape index (κ2) is 9.75. The van der Waals surface area contributed by atoms with Crippen LogP contribution in [0.3, 0.4) is 0 Å². The van der Waals surface area contributed by atoms with Crippen LogP contribution < -0.4 is 9.50 Å². The first-order valence-electron chi connectivity index (χ1n) is 12.1. The third-order valence-corrected chi connectivity index (χ3v) is 7.89. The second-order valence-electron chi connectivity index (χ2n) is 9.29. The molecular weight excluding hydrogens is 482 g/mol. The number of fused-ring (bicyclic) bond motifs is 1. The van der Waals surface area contributed by atoms with E-state index in [1.54, 1.807) is 26.0 Å². The smallest absolute Gasteiger partial charge is 0.339 e. The zero-order valence-corrected chi connectivity index (χ0v) is 22.1. The van der Waals surface area contributed by atoms with Crippen molar-refractivity contribution in [3.05, 3.63) is 113 Å². The number of benzene rings is 3. The van der Waals surface area contributed by atoms with Gasteiger partial charge in [0, 0.05) is 18.3 Å². The standard InChI is InChI=1S/C30H29N3O3S/c1-20-17-22(3)28(23(4)18-20)37(34,35)36-26-15-9-8-14-25(26)27-30(31-19-24-12-6-5-7-13-24)33-16-10-11-21(2)29(33)32-27/h5-18,31H,19H2,1-4H3. The number of anilines is 1. The Bertz CT molecular complexity index is 1680. The summed E-state index contributed by atoms with van der Waals surface area (Å²) in [6.07, 6.45) is 1.95. The first-order valence-corrected chi connectivity index (χ1v) is 13.5. The number of nitrogens with one attached hydrogen (secondary N) is 1. The summed E-state index contributed by atoms with van der Waals surface area (Å²) in [7, 11) is -4.08. The Kier molecular flexibility index (Phi) is 6.48. The van der Waals surface area contributed by atoms with Crippen LogP contribution in [0.25, 0.3) is 16.9 Å². The number of pyridine rings is 1. The monoisotopic (exact) mass is 511 g/mol. The van der Waals surface area contributed by atoms with Crippen molar-refractivity contribution < 1.29 is 12.6 Å². The van der Waals surface area contributed by atoms with Crippen LogP contribution in [0.15, 0.2) is 90.0 Å². The van der Waals surface area contributed by atoms with E-state index in [-0.39, 0.29) is 10.6 Å². The van der Waals surface area contributed by atoms with E-state index in [9.17, 15) is 8.42 Å². The first kappa shape index (κ1) is 24.6. The largest absolute Gasteiger partial charge is 0.378 e. The van der Waals surface area contributed by atoms with Gasteiger partial charge in [-0.15, -0.1) is 0 Å². The molecule has 3 aromatic carbocycles. The minimum absolute atomic E-state index is 0.196. The molecule has 5 rings (SSSR count). The first-order chi connectivity index (χ1) is 17.7. The molecule has 7 heteroatoms. The van der Waals surface area contributed by atoms with E-state index in [4.69, 9.17) is 9.17 Å². The van der Waals surface area contributed by atoms with Gasteiger partial charge >= 0.3 is 10.1 Å². The molecule has 2 heterocycles. The van der Waals surface area contributed by atoms with Crippen LogP contribution in [0, 0.1) is 27.7 Å². The Morgan fingerprint density at radius 3 is 2.24 bits per heavy atom. The second-order valence-corrected chi connectivity index (χ2v) is 10.8. The van der Waals surface area contributed by atoms with Gasteiger partial charge in [-0.3, -0.25) is 4.40 Å². The van der Waals surface area contributed by atoms with Crippen LogP contribution >= 0.6 is 0 Å². The molecule has 0 unspecified atom stereocenters. The number of hydrogen-bond donors (Lipinski definition) is 1. The molecule has 0 amide bonds. The van der Waals surface area contributed by atoms with Crippen LogP contribution in [-0.4, -0.2) is 17.8 Å². The Labute approximate surface area is 217 Å². The molecule has 0 aliphatic carbocycles. The lowest BCUT2D eigenvalue weighted by atomic mass is 10.1. The highest BCUT2D eigenvalue weighted by molar-refractivity contribution is 7.87. The van der Waals surface area contributed by atoms with Crippen LogP contribution in [-0.2, 0) is 16.7 Å². The number of para-hydroxylation sites is 1. The van der Waals surface area contributed by atoms with Crippen LogP contribution in [0.5, 0.6) is 5.75 Å². The highest BCUT2D eigenvalue weighted by Gasteiger charge is 2.25. The molecule has 0 aliphatic rings. The lowest BCUT2D eigenvalue weighted by Gasteiger charge is -2.15. The van der Waals surface area contributed by atoms with Gasteiger partial charge in [0.1, 0.15) is 22.1 Å². The molecule has 6 nitrogen and oxygen atoms in total. The van der Waals surface area contributed by atoms with Gasteiger partial charge < -0.3 is 9.50 Å². The van der Waals surface area contributed by atoms with Gasteiger partial charge in [-0.2, -0.15) is 8.42 Å². The van der Waals surface area contributed by atoms with Gasteiger partial charge in [-0.1, -0.05) is 66.2 Å². The summed E-state index contributed by atoms with van der Waals surface area (Å²) in [4.78, 5) is 5.13. The van der Waals surface area contributed by atoms with Crippen molar-refractivity contribution in [2.75, 3.05) is 5.32 Å². The van der Waals surface area contributed by atoms with E-state index in [0.717, 1.165) is 28.2 Å². The molecule has 0 saturated heterocycles. The van der Waals surface area contributed by atoms with Crippen molar-refractivity contribution in [3.63, 3.8) is 0 Å². The molecule has 0 spiro atoms. The molecule has 2 aromatic heterocycles. The quantitative estimate of drug-likeness (QED) is 0.249. The highest BCUT2D eigenvalue weighted by atomic mass is 32.2. The van der Waals surface area contributed by atoms with Gasteiger partial charge in [0.15, 0.2) is 5.75 Å². The Balaban J connectivity index is 1.61. The normalized spacial score (nSPS) is 11.6. The van der Waals surface area contributed by atoms with Crippen LogP contribution in [0.1, 0.15) is 27.8 Å². The molecule has 1 N–H and O–H groups in total. The van der Waals surface area contributed by atoms with Gasteiger partial charge in [-0.05, 0) is 68.1 Å². The maximum Gasteiger partial charge on any atom is 0.339 e. The number of nitrogens with zero attached hydrogens (tertiary/aromatic N) is 2. The van der Waals surface area contributed by atoms with Crippen molar-refractivity contribution in [2.24, 2.45) is 0 Å². The van der Waals surface area contributed by atoms with E-state index < -0.39 is 10.1 Å². The number of aryl methyl sites for hydroxylation is 4. The predicted octanol–water partition coefficient (Wildman–Crippen LogP) is 6.61. The molecule has 0 aliphatic heterocycles.